The molecule has 2 fully saturated rings. The molecule has 0 aromatic carbocycles. The number of ether oxygens (including phenoxy) is 1. The molecule has 18 heavy (non-hydrogen) atoms. The minimum Gasteiger partial charge on any atom is -0.373 e. The lowest BCUT2D eigenvalue weighted by Gasteiger charge is -2.23. The fourth-order valence-electron chi connectivity index (χ4n) is 3.19. The molecule has 0 aliphatic carbocycles. The maximum Gasteiger partial charge on any atom is 0.145 e. The average molecular weight is 250 g/mol. The van der Waals surface area contributed by atoms with Gasteiger partial charge >= 0.3 is 0 Å². The third-order valence-electron chi connectivity index (χ3n) is 4.04. The standard InChI is InChI=1S/C14H19FN2O/c1-11-6-14(18-9-11)3-5-17(10-14)8-12-2-4-16-7-13(12)15/h2,4,7,11H,3,5-6,8-10H2,1H3/t11-,14-/m0/s1. The number of pyridine rings is 1. The van der Waals surface area contributed by atoms with E-state index in [9.17, 15) is 4.39 Å². The smallest absolute Gasteiger partial charge is 0.145 e. The zero-order chi connectivity index (χ0) is 12.6. The van der Waals surface area contributed by atoms with Gasteiger partial charge in [-0.05, 0) is 24.8 Å². The maximum atomic E-state index is 13.6. The molecule has 0 unspecified atom stereocenters. The van der Waals surface area contributed by atoms with Crippen molar-refractivity contribution in [1.82, 2.24) is 9.88 Å². The van der Waals surface area contributed by atoms with E-state index in [1.807, 2.05) is 0 Å². The van der Waals surface area contributed by atoms with E-state index in [2.05, 4.69) is 16.8 Å². The largest absolute Gasteiger partial charge is 0.373 e. The van der Waals surface area contributed by atoms with E-state index in [4.69, 9.17) is 4.74 Å². The first-order chi connectivity index (χ1) is 8.67. The molecule has 0 N–H and O–H groups in total. The monoisotopic (exact) mass is 250 g/mol. The van der Waals surface area contributed by atoms with Gasteiger partial charge in [0.25, 0.3) is 0 Å². The molecular weight excluding hydrogens is 231 g/mol. The van der Waals surface area contributed by atoms with Crippen LogP contribution in [0.4, 0.5) is 4.39 Å². The summed E-state index contributed by atoms with van der Waals surface area (Å²) >= 11 is 0. The summed E-state index contributed by atoms with van der Waals surface area (Å²) in [6.45, 7) is 5.69. The lowest BCUT2D eigenvalue weighted by molar-refractivity contribution is 0.0112. The first-order valence-electron chi connectivity index (χ1n) is 6.62. The molecular formula is C14H19FN2O. The van der Waals surface area contributed by atoms with Crippen LogP contribution in [0.3, 0.4) is 0 Å². The fraction of sp³-hybridized carbons (Fsp3) is 0.643. The van der Waals surface area contributed by atoms with Crippen molar-refractivity contribution >= 4 is 0 Å². The first-order valence-corrected chi connectivity index (χ1v) is 6.62. The summed E-state index contributed by atoms with van der Waals surface area (Å²) in [5.41, 5.74) is 0.774. The lowest BCUT2D eigenvalue weighted by Crippen LogP contribution is -2.32. The van der Waals surface area contributed by atoms with Crippen LogP contribution in [-0.2, 0) is 11.3 Å². The van der Waals surface area contributed by atoms with Crippen LogP contribution >= 0.6 is 0 Å². The van der Waals surface area contributed by atoms with Gasteiger partial charge in [0.2, 0.25) is 0 Å². The van der Waals surface area contributed by atoms with Gasteiger partial charge in [-0.3, -0.25) is 9.88 Å². The molecule has 98 valence electrons. The predicted molar refractivity (Wildman–Crippen MR) is 66.6 cm³/mol. The van der Waals surface area contributed by atoms with E-state index in [1.165, 1.54) is 6.20 Å². The number of aromatic nitrogens is 1. The Kier molecular flexibility index (Phi) is 3.08. The summed E-state index contributed by atoms with van der Waals surface area (Å²) in [7, 11) is 0. The van der Waals surface area contributed by atoms with Crippen LogP contribution < -0.4 is 0 Å². The Labute approximate surface area is 107 Å². The molecule has 0 amide bonds. The number of hydrogen-bond donors (Lipinski definition) is 0. The highest BCUT2D eigenvalue weighted by Crippen LogP contribution is 2.38. The van der Waals surface area contributed by atoms with Gasteiger partial charge in [0.1, 0.15) is 5.82 Å². The van der Waals surface area contributed by atoms with Gasteiger partial charge in [-0.15, -0.1) is 0 Å². The van der Waals surface area contributed by atoms with Gasteiger partial charge in [-0.1, -0.05) is 6.92 Å². The van der Waals surface area contributed by atoms with Crippen molar-refractivity contribution in [3.8, 4) is 0 Å². The van der Waals surface area contributed by atoms with E-state index in [1.54, 1.807) is 12.3 Å². The summed E-state index contributed by atoms with van der Waals surface area (Å²) in [5.74, 6) is 0.446. The van der Waals surface area contributed by atoms with Crippen molar-refractivity contribution in [2.75, 3.05) is 19.7 Å². The van der Waals surface area contributed by atoms with Crippen LogP contribution in [0.15, 0.2) is 18.5 Å². The molecule has 2 aliphatic rings. The van der Waals surface area contributed by atoms with Crippen LogP contribution in [0, 0.1) is 11.7 Å². The second-order valence-electron chi connectivity index (χ2n) is 5.73. The van der Waals surface area contributed by atoms with Crippen LogP contribution in [0.25, 0.3) is 0 Å². The van der Waals surface area contributed by atoms with Gasteiger partial charge in [-0.2, -0.15) is 0 Å². The molecule has 1 aromatic rings. The van der Waals surface area contributed by atoms with Gasteiger partial charge in [0.15, 0.2) is 0 Å². The van der Waals surface area contributed by atoms with Crippen LogP contribution in [-0.4, -0.2) is 35.2 Å². The summed E-state index contributed by atoms with van der Waals surface area (Å²) < 4.78 is 19.5. The second-order valence-corrected chi connectivity index (χ2v) is 5.73. The van der Waals surface area contributed by atoms with Gasteiger partial charge < -0.3 is 4.74 Å². The molecule has 2 saturated heterocycles. The molecule has 3 nitrogen and oxygen atoms in total. The van der Waals surface area contributed by atoms with Crippen molar-refractivity contribution in [3.63, 3.8) is 0 Å². The number of hydrogen-bond acceptors (Lipinski definition) is 3. The predicted octanol–water partition coefficient (Wildman–Crippen LogP) is 2.22. The van der Waals surface area contributed by atoms with E-state index in [0.29, 0.717) is 12.5 Å². The average Bonchev–Trinajstić information content (AvgIpc) is 2.90. The lowest BCUT2D eigenvalue weighted by atomic mass is 9.94. The minimum atomic E-state index is -0.209. The second kappa shape index (κ2) is 4.59. The van der Waals surface area contributed by atoms with E-state index in [0.717, 1.165) is 38.1 Å². The Balaban J connectivity index is 1.65. The third-order valence-corrected chi connectivity index (χ3v) is 4.04. The van der Waals surface area contributed by atoms with E-state index < -0.39 is 0 Å². The van der Waals surface area contributed by atoms with Crippen LogP contribution in [0.2, 0.25) is 0 Å². The highest BCUT2D eigenvalue weighted by atomic mass is 19.1. The SMILES string of the molecule is C[C@@H]1CO[C@@]2(CCN(Cc3ccncc3F)C2)C1. The van der Waals surface area contributed by atoms with Gasteiger partial charge in [-0.25, -0.2) is 4.39 Å². The number of rotatable bonds is 2. The minimum absolute atomic E-state index is 0.0446. The van der Waals surface area contributed by atoms with Crippen molar-refractivity contribution < 1.29 is 9.13 Å². The van der Waals surface area contributed by atoms with Gasteiger partial charge in [0, 0.05) is 31.4 Å². The van der Waals surface area contributed by atoms with E-state index in [-0.39, 0.29) is 11.4 Å². The molecule has 2 aliphatic heterocycles. The molecule has 4 heteroatoms. The zero-order valence-electron chi connectivity index (χ0n) is 10.7. The highest BCUT2D eigenvalue weighted by Gasteiger charge is 2.44. The molecule has 3 heterocycles. The van der Waals surface area contributed by atoms with Gasteiger partial charge in [0.05, 0.1) is 18.4 Å². The number of nitrogens with zero attached hydrogens (tertiary/aromatic N) is 2. The van der Waals surface area contributed by atoms with Crippen LogP contribution in [0.5, 0.6) is 0 Å². The molecule has 1 spiro atoms. The zero-order valence-corrected chi connectivity index (χ0v) is 10.7. The molecule has 1 aromatic heterocycles. The maximum absolute atomic E-state index is 13.6. The highest BCUT2D eigenvalue weighted by molar-refractivity contribution is 5.13. The Hall–Kier alpha value is -1.00. The first kappa shape index (κ1) is 12.1. The van der Waals surface area contributed by atoms with Crippen molar-refractivity contribution in [2.24, 2.45) is 5.92 Å². The topological polar surface area (TPSA) is 25.4 Å². The Bertz CT molecular complexity index is 440. The Morgan fingerprint density at radius 2 is 2.50 bits per heavy atom. The Morgan fingerprint density at radius 3 is 3.22 bits per heavy atom. The molecule has 0 radical (unpaired) electrons. The molecule has 2 atom stereocenters. The molecule has 0 saturated carbocycles. The van der Waals surface area contributed by atoms with Crippen molar-refractivity contribution in [2.45, 2.75) is 31.9 Å². The summed E-state index contributed by atoms with van der Waals surface area (Å²) in [4.78, 5) is 6.07. The van der Waals surface area contributed by atoms with Crippen molar-refractivity contribution in [3.05, 3.63) is 29.8 Å². The number of likely N-dealkylation sites (tertiary alicyclic amines) is 1. The Morgan fingerprint density at radius 1 is 1.61 bits per heavy atom. The van der Waals surface area contributed by atoms with Crippen LogP contribution in [0.1, 0.15) is 25.3 Å². The quantitative estimate of drug-likeness (QED) is 0.804. The fourth-order valence-corrected chi connectivity index (χ4v) is 3.19. The summed E-state index contributed by atoms with van der Waals surface area (Å²) in [6.07, 6.45) is 5.15. The number of halogens is 1. The normalized spacial score (nSPS) is 32.4. The molecule has 0 bridgehead atoms. The summed E-state index contributed by atoms with van der Waals surface area (Å²) in [6, 6.07) is 1.76. The van der Waals surface area contributed by atoms with E-state index >= 15 is 0 Å². The van der Waals surface area contributed by atoms with Crippen molar-refractivity contribution in [1.29, 1.82) is 0 Å². The molecule has 3 rings (SSSR count). The summed E-state index contributed by atoms with van der Waals surface area (Å²) in [5, 5.41) is 0. The third kappa shape index (κ3) is 2.27.